The molecule has 1 aliphatic heterocycles. The smallest absolute Gasteiger partial charge is 0.228 e. The van der Waals surface area contributed by atoms with Gasteiger partial charge in [-0.05, 0) is 41.9 Å². The minimum absolute atomic E-state index is 0.125. The van der Waals surface area contributed by atoms with Crippen LogP contribution in [0.15, 0.2) is 30.5 Å². The molecule has 0 saturated heterocycles. The van der Waals surface area contributed by atoms with Crippen molar-refractivity contribution in [3.63, 3.8) is 0 Å². The molecule has 4 rings (SSSR count). The highest BCUT2D eigenvalue weighted by Crippen LogP contribution is 2.44. The maximum atomic E-state index is 9.91. The highest BCUT2D eigenvalue weighted by molar-refractivity contribution is 6.74. The van der Waals surface area contributed by atoms with Gasteiger partial charge in [0.05, 0.1) is 16.9 Å². The Labute approximate surface area is 212 Å². The van der Waals surface area contributed by atoms with Crippen molar-refractivity contribution in [2.45, 2.75) is 51.2 Å². The van der Waals surface area contributed by atoms with E-state index in [9.17, 15) is 5.26 Å². The van der Waals surface area contributed by atoms with E-state index in [1.54, 1.807) is 24.0 Å². The van der Waals surface area contributed by atoms with Gasteiger partial charge >= 0.3 is 0 Å². The van der Waals surface area contributed by atoms with E-state index in [-0.39, 0.29) is 10.5 Å². The Kier molecular flexibility index (Phi) is 6.42. The van der Waals surface area contributed by atoms with Crippen LogP contribution in [0.5, 0.6) is 0 Å². The molecule has 1 aliphatic rings. The minimum Gasteiger partial charge on any atom is -0.416 e. The number of aryl methyl sites for hydroxylation is 1. The maximum absolute atomic E-state index is 9.91. The Hall–Kier alpha value is -2.93. The lowest BCUT2D eigenvalue weighted by molar-refractivity contribution is 0.220. The van der Waals surface area contributed by atoms with Gasteiger partial charge in [-0.3, -0.25) is 4.68 Å². The van der Waals surface area contributed by atoms with Gasteiger partial charge in [0.15, 0.2) is 13.5 Å². The fraction of sp³-hybridized carbons (Fsp3) is 0.440. The summed E-state index contributed by atoms with van der Waals surface area (Å²) in [6.45, 7) is 14.8. The van der Waals surface area contributed by atoms with Gasteiger partial charge in [-0.25, -0.2) is 9.97 Å². The first-order chi connectivity index (χ1) is 16.3. The van der Waals surface area contributed by atoms with E-state index in [0.29, 0.717) is 35.6 Å². The number of aromatic nitrogens is 4. The third-order valence-electron chi connectivity index (χ3n) is 7.16. The summed E-state index contributed by atoms with van der Waals surface area (Å²) < 4.78 is 8.24. The van der Waals surface area contributed by atoms with E-state index in [4.69, 9.17) is 21.0 Å². The second-order valence-electron chi connectivity index (χ2n) is 10.9. The molecular weight excluding hydrogens is 478 g/mol. The number of halogens is 1. The Morgan fingerprint density at radius 3 is 2.69 bits per heavy atom. The maximum Gasteiger partial charge on any atom is 0.228 e. The van der Waals surface area contributed by atoms with Crippen LogP contribution in [-0.2, 0) is 16.9 Å². The van der Waals surface area contributed by atoms with Crippen LogP contribution in [0.3, 0.4) is 0 Å². The molecule has 0 amide bonds. The summed E-state index contributed by atoms with van der Waals surface area (Å²) in [6.07, 6.45) is 1.69. The summed E-state index contributed by atoms with van der Waals surface area (Å²) in [6, 6.07) is 9.91. The predicted molar refractivity (Wildman–Crippen MR) is 143 cm³/mol. The zero-order valence-electron chi connectivity index (χ0n) is 21.3. The molecule has 0 fully saturated rings. The largest absolute Gasteiger partial charge is 0.416 e. The SMILES string of the molecule is Cn1nc(Cl)cc1Nc1nccc(-c2cc(C#N)c3c(c2)[C@@](C)(CO[Si](C)(C)C(C)(C)C)CN3)n1. The fourth-order valence-electron chi connectivity index (χ4n) is 3.85. The van der Waals surface area contributed by atoms with Crippen molar-refractivity contribution in [1.82, 2.24) is 19.7 Å². The monoisotopic (exact) mass is 509 g/mol. The average molecular weight is 510 g/mol. The van der Waals surface area contributed by atoms with Crippen molar-refractivity contribution < 1.29 is 4.43 Å². The topological polar surface area (TPSA) is 101 Å². The quantitative estimate of drug-likeness (QED) is 0.402. The van der Waals surface area contributed by atoms with Gasteiger partial charge in [0, 0.05) is 43.4 Å². The summed E-state index contributed by atoms with van der Waals surface area (Å²) in [7, 11) is -0.137. The molecule has 0 bridgehead atoms. The number of fused-ring (bicyclic) bond motifs is 1. The van der Waals surface area contributed by atoms with Gasteiger partial charge in [0.2, 0.25) is 5.95 Å². The van der Waals surface area contributed by atoms with Crippen molar-refractivity contribution in [3.05, 3.63) is 46.7 Å². The van der Waals surface area contributed by atoms with Crippen molar-refractivity contribution in [2.75, 3.05) is 23.8 Å². The van der Waals surface area contributed by atoms with Gasteiger partial charge in [0.25, 0.3) is 0 Å². The molecule has 10 heteroatoms. The molecule has 8 nitrogen and oxygen atoms in total. The van der Waals surface area contributed by atoms with E-state index in [0.717, 1.165) is 22.5 Å². The van der Waals surface area contributed by atoms with Crippen molar-refractivity contribution >= 4 is 37.4 Å². The van der Waals surface area contributed by atoms with E-state index in [1.165, 1.54) is 0 Å². The number of nitrogens with zero attached hydrogens (tertiary/aromatic N) is 5. The highest BCUT2D eigenvalue weighted by atomic mass is 35.5. The number of hydrogen-bond donors (Lipinski definition) is 2. The number of anilines is 3. The number of benzene rings is 1. The molecule has 184 valence electrons. The molecule has 0 radical (unpaired) electrons. The highest BCUT2D eigenvalue weighted by Gasteiger charge is 2.42. The predicted octanol–water partition coefficient (Wildman–Crippen LogP) is 5.85. The van der Waals surface area contributed by atoms with Gasteiger partial charge < -0.3 is 15.1 Å². The first-order valence-electron chi connectivity index (χ1n) is 11.6. The lowest BCUT2D eigenvalue weighted by Crippen LogP contribution is -2.45. The van der Waals surface area contributed by atoms with E-state index in [2.05, 4.69) is 73.6 Å². The van der Waals surface area contributed by atoms with Crippen LogP contribution in [0, 0.1) is 11.3 Å². The summed E-state index contributed by atoms with van der Waals surface area (Å²) in [5, 5.41) is 21.2. The number of hydrogen-bond acceptors (Lipinski definition) is 7. The molecule has 1 aromatic carbocycles. The van der Waals surface area contributed by atoms with Crippen LogP contribution in [0.4, 0.5) is 17.5 Å². The summed E-state index contributed by atoms with van der Waals surface area (Å²) in [5.41, 5.74) is 3.88. The molecule has 2 N–H and O–H groups in total. The fourth-order valence-corrected chi connectivity index (χ4v) is 5.18. The Morgan fingerprint density at radius 2 is 2.06 bits per heavy atom. The second kappa shape index (κ2) is 8.93. The Bertz CT molecular complexity index is 1310. The first-order valence-corrected chi connectivity index (χ1v) is 14.9. The first kappa shape index (κ1) is 25.2. The Balaban J connectivity index is 1.68. The number of nitrogens with one attached hydrogen (secondary N) is 2. The summed E-state index contributed by atoms with van der Waals surface area (Å²) in [4.78, 5) is 9.03. The van der Waals surface area contributed by atoms with Gasteiger partial charge in [-0.2, -0.15) is 10.4 Å². The van der Waals surface area contributed by atoms with Crippen molar-refractivity contribution in [2.24, 2.45) is 7.05 Å². The molecule has 0 aliphatic carbocycles. The molecule has 1 atom stereocenters. The molecule has 0 spiro atoms. The zero-order chi connectivity index (χ0) is 25.6. The zero-order valence-corrected chi connectivity index (χ0v) is 23.1. The van der Waals surface area contributed by atoms with Crippen LogP contribution in [0.25, 0.3) is 11.3 Å². The molecule has 0 unspecified atom stereocenters. The third-order valence-corrected chi connectivity index (χ3v) is 11.8. The molecule has 2 aromatic heterocycles. The van der Waals surface area contributed by atoms with Gasteiger partial charge in [0.1, 0.15) is 11.9 Å². The van der Waals surface area contributed by atoms with Gasteiger partial charge in [-0.15, -0.1) is 0 Å². The van der Waals surface area contributed by atoms with Crippen LogP contribution < -0.4 is 10.6 Å². The molecule has 0 saturated carbocycles. The minimum atomic E-state index is -1.93. The van der Waals surface area contributed by atoms with Crippen LogP contribution >= 0.6 is 11.6 Å². The summed E-state index contributed by atoms with van der Waals surface area (Å²) in [5.74, 6) is 1.10. The van der Waals surface area contributed by atoms with Crippen LogP contribution in [-0.4, -0.2) is 41.2 Å². The van der Waals surface area contributed by atoms with Crippen LogP contribution in [0.1, 0.15) is 38.8 Å². The number of rotatable bonds is 6. The van der Waals surface area contributed by atoms with E-state index >= 15 is 0 Å². The van der Waals surface area contributed by atoms with E-state index < -0.39 is 8.32 Å². The Morgan fingerprint density at radius 1 is 1.31 bits per heavy atom. The molecule has 35 heavy (non-hydrogen) atoms. The lowest BCUT2D eigenvalue weighted by atomic mass is 9.83. The molecule has 3 heterocycles. The molecular formula is C25H32ClN7OSi. The number of nitriles is 1. The summed E-state index contributed by atoms with van der Waals surface area (Å²) >= 11 is 5.99. The standard InChI is InChI=1S/C25H32ClN7OSi/c1-24(2,3)35(6,7)34-15-25(4)14-29-22-17(13-27)10-16(11-18(22)25)19-8-9-28-23(30-19)31-21-12-20(26)32-33(21)5/h8-12,29H,14-15H2,1-7H3,(H,28,30,31)/t25-/m1/s1. The van der Waals surface area contributed by atoms with Crippen molar-refractivity contribution in [1.29, 1.82) is 5.26 Å². The van der Waals surface area contributed by atoms with E-state index in [1.807, 2.05) is 12.1 Å². The second-order valence-corrected chi connectivity index (χ2v) is 16.1. The van der Waals surface area contributed by atoms with Gasteiger partial charge in [-0.1, -0.05) is 39.3 Å². The van der Waals surface area contributed by atoms with Crippen molar-refractivity contribution in [3.8, 4) is 17.3 Å². The normalized spacial score (nSPS) is 17.6. The average Bonchev–Trinajstić information content (AvgIpc) is 3.29. The lowest BCUT2D eigenvalue weighted by Gasteiger charge is -2.39. The van der Waals surface area contributed by atoms with Crippen LogP contribution in [0.2, 0.25) is 23.3 Å². The third kappa shape index (κ3) is 4.92. The molecule has 3 aromatic rings.